The zero-order valence-electron chi connectivity index (χ0n) is 15.5. The van der Waals surface area contributed by atoms with Crippen molar-refractivity contribution in [2.45, 2.75) is 0 Å². The highest BCUT2D eigenvalue weighted by molar-refractivity contribution is 6.36. The molecule has 4 rings (SSSR count). The van der Waals surface area contributed by atoms with E-state index in [9.17, 15) is 14.9 Å². The summed E-state index contributed by atoms with van der Waals surface area (Å²) in [5.74, 6) is 0. The minimum absolute atomic E-state index is 0.348. The molecule has 0 aliphatic rings. The summed E-state index contributed by atoms with van der Waals surface area (Å²) >= 11 is 12.5. The first-order valence-corrected chi connectivity index (χ1v) is 9.36. The fraction of sp³-hybridized carbons (Fsp3) is 0.0952. The van der Waals surface area contributed by atoms with Gasteiger partial charge in [-0.2, -0.15) is 5.26 Å². The molecule has 0 amide bonds. The van der Waals surface area contributed by atoms with Crippen molar-refractivity contribution in [1.82, 2.24) is 13.7 Å². The average molecular weight is 425 g/mol. The van der Waals surface area contributed by atoms with Crippen LogP contribution in [-0.4, -0.2) is 13.7 Å². The first kappa shape index (κ1) is 19.1. The molecule has 29 heavy (non-hydrogen) atoms. The molecule has 0 aliphatic heterocycles. The molecular weight excluding hydrogens is 411 g/mol. The highest BCUT2D eigenvalue weighted by Gasteiger charge is 2.22. The molecule has 4 aromatic rings. The molecule has 0 bridgehead atoms. The van der Waals surface area contributed by atoms with Crippen LogP contribution in [0.5, 0.6) is 0 Å². The molecule has 2 aromatic carbocycles. The molecule has 0 fully saturated rings. The first-order chi connectivity index (χ1) is 13.8. The van der Waals surface area contributed by atoms with Crippen LogP contribution >= 0.6 is 23.2 Å². The maximum atomic E-state index is 13.1. The zero-order chi connectivity index (χ0) is 20.9. The van der Waals surface area contributed by atoms with Gasteiger partial charge in [0.25, 0.3) is 5.56 Å². The number of nitriles is 1. The van der Waals surface area contributed by atoms with Crippen molar-refractivity contribution in [2.75, 3.05) is 0 Å². The molecule has 0 saturated carbocycles. The Balaban J connectivity index is 2.23. The third kappa shape index (κ3) is 2.96. The highest BCUT2D eigenvalue weighted by atomic mass is 35.5. The summed E-state index contributed by atoms with van der Waals surface area (Å²) in [6, 6.07) is 14.1. The molecule has 144 valence electrons. The van der Waals surface area contributed by atoms with Gasteiger partial charge in [-0.25, -0.2) is 4.79 Å². The second-order valence-corrected chi connectivity index (χ2v) is 7.44. The molecule has 0 spiro atoms. The molecule has 8 heteroatoms. The van der Waals surface area contributed by atoms with E-state index in [1.165, 1.54) is 11.6 Å². The minimum atomic E-state index is -0.431. The Hall–Kier alpha value is -3.27. The lowest BCUT2D eigenvalue weighted by molar-refractivity contribution is 0.714. The van der Waals surface area contributed by atoms with Gasteiger partial charge >= 0.3 is 5.69 Å². The van der Waals surface area contributed by atoms with Crippen LogP contribution in [0.4, 0.5) is 0 Å². The predicted molar refractivity (Wildman–Crippen MR) is 114 cm³/mol. The van der Waals surface area contributed by atoms with Crippen LogP contribution in [0.25, 0.3) is 27.8 Å². The lowest BCUT2D eigenvalue weighted by Crippen LogP contribution is -2.36. The number of nitrogens with zero attached hydrogens (tertiary/aromatic N) is 4. The molecule has 2 aromatic heterocycles. The Morgan fingerprint density at radius 2 is 1.76 bits per heavy atom. The minimum Gasteiger partial charge on any atom is -0.313 e. The smallest absolute Gasteiger partial charge is 0.313 e. The van der Waals surface area contributed by atoms with E-state index in [4.69, 9.17) is 23.2 Å². The number of halogens is 2. The number of fused-ring (bicyclic) bond motifs is 1. The van der Waals surface area contributed by atoms with Crippen molar-refractivity contribution in [3.05, 3.63) is 85.1 Å². The van der Waals surface area contributed by atoms with E-state index in [0.717, 1.165) is 4.57 Å². The van der Waals surface area contributed by atoms with Crippen LogP contribution in [0, 0.1) is 11.3 Å². The Morgan fingerprint density at radius 1 is 1.00 bits per heavy atom. The van der Waals surface area contributed by atoms with Crippen LogP contribution in [0.15, 0.2) is 58.3 Å². The quantitative estimate of drug-likeness (QED) is 0.490. The van der Waals surface area contributed by atoms with Crippen LogP contribution in [-0.2, 0) is 14.1 Å². The predicted octanol–water partition coefficient (Wildman–Crippen LogP) is 3.87. The van der Waals surface area contributed by atoms with Crippen LogP contribution < -0.4 is 11.2 Å². The van der Waals surface area contributed by atoms with E-state index in [1.54, 1.807) is 54.2 Å². The standard InChI is InChI=1S/C21H14Cl2N4O2/c1-25-17-11-27(14-5-3-4-12(8-14)10-24)19(15-7-6-13(22)9-16(15)23)18(17)20(28)26(2)21(25)29/h3-9,11H,1-2H3. The van der Waals surface area contributed by atoms with Gasteiger partial charge in [0, 0.05) is 36.6 Å². The van der Waals surface area contributed by atoms with Crippen LogP contribution in [0.3, 0.4) is 0 Å². The molecule has 0 N–H and O–H groups in total. The van der Waals surface area contributed by atoms with Gasteiger partial charge in [-0.3, -0.25) is 13.9 Å². The highest BCUT2D eigenvalue weighted by Crippen LogP contribution is 2.36. The molecule has 6 nitrogen and oxygen atoms in total. The van der Waals surface area contributed by atoms with E-state index in [2.05, 4.69) is 6.07 Å². The van der Waals surface area contributed by atoms with E-state index in [0.29, 0.717) is 43.5 Å². The van der Waals surface area contributed by atoms with Gasteiger partial charge < -0.3 is 4.57 Å². The monoisotopic (exact) mass is 424 g/mol. The van der Waals surface area contributed by atoms with Crippen molar-refractivity contribution in [2.24, 2.45) is 14.1 Å². The molecule has 0 saturated heterocycles. The third-order valence-corrected chi connectivity index (χ3v) is 5.43. The van der Waals surface area contributed by atoms with E-state index < -0.39 is 11.2 Å². The van der Waals surface area contributed by atoms with E-state index in [1.807, 2.05) is 6.07 Å². The molecular formula is C21H14Cl2N4O2. The Labute approximate surface area is 175 Å². The maximum Gasteiger partial charge on any atom is 0.330 e. The largest absolute Gasteiger partial charge is 0.330 e. The van der Waals surface area contributed by atoms with Gasteiger partial charge in [-0.15, -0.1) is 0 Å². The number of aromatic nitrogens is 3. The average Bonchev–Trinajstić information content (AvgIpc) is 3.11. The Kier molecular flexibility index (Phi) is 4.58. The van der Waals surface area contributed by atoms with Gasteiger partial charge in [0.15, 0.2) is 0 Å². The molecule has 0 atom stereocenters. The zero-order valence-corrected chi connectivity index (χ0v) is 17.0. The summed E-state index contributed by atoms with van der Waals surface area (Å²) < 4.78 is 4.24. The lowest BCUT2D eigenvalue weighted by atomic mass is 10.1. The van der Waals surface area contributed by atoms with Gasteiger partial charge in [0.05, 0.1) is 33.3 Å². The van der Waals surface area contributed by atoms with Gasteiger partial charge in [0.1, 0.15) is 0 Å². The normalized spacial score (nSPS) is 11.0. The summed E-state index contributed by atoms with van der Waals surface area (Å²) in [5, 5.41) is 10.5. The van der Waals surface area contributed by atoms with Crippen LogP contribution in [0.2, 0.25) is 10.0 Å². The van der Waals surface area contributed by atoms with Crippen molar-refractivity contribution in [3.63, 3.8) is 0 Å². The van der Waals surface area contributed by atoms with Crippen LogP contribution in [0.1, 0.15) is 5.56 Å². The fourth-order valence-electron chi connectivity index (χ4n) is 3.42. The van der Waals surface area contributed by atoms with Crippen molar-refractivity contribution >= 4 is 34.1 Å². The van der Waals surface area contributed by atoms with E-state index in [-0.39, 0.29) is 0 Å². The second kappa shape index (κ2) is 6.96. The summed E-state index contributed by atoms with van der Waals surface area (Å²) in [5.41, 5.74) is 1.84. The fourth-order valence-corrected chi connectivity index (χ4v) is 3.91. The SMILES string of the molecule is Cn1c(=O)c2c(-c3ccc(Cl)cc3Cl)n(-c3cccc(C#N)c3)cc2n(C)c1=O. The molecule has 0 radical (unpaired) electrons. The first-order valence-electron chi connectivity index (χ1n) is 8.60. The summed E-state index contributed by atoms with van der Waals surface area (Å²) in [4.78, 5) is 25.5. The number of hydrogen-bond acceptors (Lipinski definition) is 3. The summed E-state index contributed by atoms with van der Waals surface area (Å²) in [7, 11) is 3.04. The van der Waals surface area contributed by atoms with Crippen molar-refractivity contribution in [3.8, 4) is 23.0 Å². The van der Waals surface area contributed by atoms with E-state index >= 15 is 0 Å². The number of hydrogen-bond donors (Lipinski definition) is 0. The molecule has 2 heterocycles. The third-order valence-electron chi connectivity index (χ3n) is 4.88. The molecule has 0 aliphatic carbocycles. The lowest BCUT2D eigenvalue weighted by Gasteiger charge is -2.12. The molecule has 0 unspecified atom stereocenters. The Bertz CT molecular complexity index is 1450. The second-order valence-electron chi connectivity index (χ2n) is 6.60. The maximum absolute atomic E-state index is 13.1. The van der Waals surface area contributed by atoms with Gasteiger partial charge in [0.2, 0.25) is 0 Å². The summed E-state index contributed by atoms with van der Waals surface area (Å²) in [6.45, 7) is 0. The van der Waals surface area contributed by atoms with Crippen molar-refractivity contribution < 1.29 is 0 Å². The number of aryl methyl sites for hydroxylation is 1. The number of benzene rings is 2. The van der Waals surface area contributed by atoms with Gasteiger partial charge in [-0.05, 0) is 36.4 Å². The van der Waals surface area contributed by atoms with Crippen molar-refractivity contribution in [1.29, 1.82) is 5.26 Å². The number of rotatable bonds is 2. The topological polar surface area (TPSA) is 72.7 Å². The summed E-state index contributed by atoms with van der Waals surface area (Å²) in [6.07, 6.45) is 1.70. The Morgan fingerprint density at radius 3 is 2.45 bits per heavy atom. The van der Waals surface area contributed by atoms with Gasteiger partial charge in [-0.1, -0.05) is 29.3 Å².